The molecule has 0 saturated carbocycles. The average Bonchev–Trinajstić information content (AvgIpc) is 2.34. The summed E-state index contributed by atoms with van der Waals surface area (Å²) < 4.78 is 13.2. The molecule has 1 heterocycles. The number of nitrogen functional groups attached to an aromatic ring is 1. The number of benzene rings is 1. The molecule has 2 rings (SSSR count). The first-order valence-electron chi connectivity index (χ1n) is 5.11. The van der Waals surface area contributed by atoms with E-state index in [1.807, 2.05) is 0 Å². The van der Waals surface area contributed by atoms with Crippen molar-refractivity contribution < 1.29 is 9.18 Å². The molecule has 0 bridgehead atoms. The number of aromatic amines is 1. The highest BCUT2D eigenvalue weighted by Crippen LogP contribution is 2.16. The zero-order valence-corrected chi connectivity index (χ0v) is 9.24. The van der Waals surface area contributed by atoms with E-state index in [9.17, 15) is 14.0 Å². The number of halogens is 1. The molecule has 0 fully saturated rings. The third-order valence-electron chi connectivity index (χ3n) is 2.30. The van der Waals surface area contributed by atoms with Crippen molar-refractivity contribution in [1.29, 1.82) is 0 Å². The lowest BCUT2D eigenvalue weighted by Gasteiger charge is -2.05. The molecule has 5 nitrogen and oxygen atoms in total. The Morgan fingerprint density at radius 1 is 1.28 bits per heavy atom. The van der Waals surface area contributed by atoms with Gasteiger partial charge in [-0.1, -0.05) is 0 Å². The number of nitrogens with two attached hydrogens (primary N) is 1. The van der Waals surface area contributed by atoms with E-state index < -0.39 is 11.7 Å². The van der Waals surface area contributed by atoms with Crippen molar-refractivity contribution >= 4 is 17.3 Å². The molecule has 92 valence electrons. The summed E-state index contributed by atoms with van der Waals surface area (Å²) in [6.45, 7) is 0. The molecule has 2 aromatic rings. The lowest BCUT2D eigenvalue weighted by atomic mass is 10.2. The van der Waals surface area contributed by atoms with Crippen LogP contribution in [0, 0.1) is 5.82 Å². The predicted octanol–water partition coefficient (Wildman–Crippen LogP) is 1.35. The number of hydrogen-bond acceptors (Lipinski definition) is 3. The van der Waals surface area contributed by atoms with Crippen LogP contribution in [-0.4, -0.2) is 10.9 Å². The van der Waals surface area contributed by atoms with E-state index in [0.717, 1.165) is 12.1 Å². The fraction of sp³-hybridized carbons (Fsp3) is 0. The van der Waals surface area contributed by atoms with Crippen LogP contribution in [0.2, 0.25) is 0 Å². The Morgan fingerprint density at radius 2 is 2.06 bits per heavy atom. The van der Waals surface area contributed by atoms with Crippen molar-refractivity contribution in [3.8, 4) is 0 Å². The van der Waals surface area contributed by atoms with Gasteiger partial charge in [-0.05, 0) is 24.3 Å². The number of carbonyl (C=O) groups is 1. The van der Waals surface area contributed by atoms with Gasteiger partial charge in [0, 0.05) is 23.5 Å². The van der Waals surface area contributed by atoms with Crippen LogP contribution < -0.4 is 16.6 Å². The van der Waals surface area contributed by atoms with E-state index in [1.165, 1.54) is 24.4 Å². The predicted molar refractivity (Wildman–Crippen MR) is 65.8 cm³/mol. The van der Waals surface area contributed by atoms with Gasteiger partial charge in [0.05, 0.1) is 5.69 Å². The number of rotatable bonds is 2. The van der Waals surface area contributed by atoms with Gasteiger partial charge in [0.1, 0.15) is 5.82 Å². The number of nitrogens with one attached hydrogen (secondary N) is 2. The molecule has 6 heteroatoms. The summed E-state index contributed by atoms with van der Waals surface area (Å²) in [5.74, 6) is -1.11. The fourth-order valence-electron chi connectivity index (χ4n) is 1.39. The van der Waals surface area contributed by atoms with Gasteiger partial charge in [0.15, 0.2) is 0 Å². The van der Waals surface area contributed by atoms with Crippen LogP contribution in [0.4, 0.5) is 15.8 Å². The fourth-order valence-corrected chi connectivity index (χ4v) is 1.39. The summed E-state index contributed by atoms with van der Waals surface area (Å²) in [5.41, 5.74) is 5.40. The van der Waals surface area contributed by atoms with Crippen LogP contribution in [0.1, 0.15) is 10.4 Å². The molecule has 0 atom stereocenters. The van der Waals surface area contributed by atoms with Gasteiger partial charge in [-0.25, -0.2) is 4.39 Å². The molecular formula is C12H10FN3O2. The van der Waals surface area contributed by atoms with Crippen molar-refractivity contribution in [3.63, 3.8) is 0 Å². The average molecular weight is 247 g/mol. The number of H-pyrrole nitrogens is 1. The van der Waals surface area contributed by atoms with E-state index in [4.69, 9.17) is 5.73 Å². The zero-order chi connectivity index (χ0) is 13.1. The number of aromatic nitrogens is 1. The molecule has 1 aromatic carbocycles. The number of hydrogen-bond donors (Lipinski definition) is 3. The topological polar surface area (TPSA) is 88.0 Å². The molecule has 1 amide bonds. The highest BCUT2D eigenvalue weighted by Gasteiger charge is 2.07. The summed E-state index contributed by atoms with van der Waals surface area (Å²) in [6, 6.07) is 6.54. The molecule has 0 saturated heterocycles. The van der Waals surface area contributed by atoms with Crippen LogP contribution in [0.25, 0.3) is 0 Å². The second-order valence-electron chi connectivity index (χ2n) is 3.63. The van der Waals surface area contributed by atoms with E-state index in [0.29, 0.717) is 0 Å². The first-order valence-corrected chi connectivity index (χ1v) is 5.11. The third-order valence-corrected chi connectivity index (χ3v) is 2.30. The first-order chi connectivity index (χ1) is 8.56. The van der Waals surface area contributed by atoms with E-state index in [-0.39, 0.29) is 22.5 Å². The smallest absolute Gasteiger partial charge is 0.255 e. The van der Waals surface area contributed by atoms with Crippen LogP contribution in [-0.2, 0) is 0 Å². The normalized spacial score (nSPS) is 10.1. The van der Waals surface area contributed by atoms with Crippen molar-refractivity contribution in [3.05, 3.63) is 58.3 Å². The standard InChI is InChI=1S/C12H10FN3O2/c13-9-6-8(1-2-10(9)14)16-12(18)7-3-4-15-11(17)5-7/h1-6H,14H2,(H,15,17)(H,16,18). The van der Waals surface area contributed by atoms with Crippen LogP contribution in [0.3, 0.4) is 0 Å². The number of carbonyl (C=O) groups excluding carboxylic acids is 1. The maximum absolute atomic E-state index is 13.2. The maximum atomic E-state index is 13.2. The molecule has 0 radical (unpaired) electrons. The highest BCUT2D eigenvalue weighted by atomic mass is 19.1. The van der Waals surface area contributed by atoms with Crippen molar-refractivity contribution in [1.82, 2.24) is 4.98 Å². The van der Waals surface area contributed by atoms with Crippen molar-refractivity contribution in [2.24, 2.45) is 0 Å². The monoisotopic (exact) mass is 247 g/mol. The van der Waals surface area contributed by atoms with Gasteiger partial charge in [-0.2, -0.15) is 0 Å². The third kappa shape index (κ3) is 2.54. The minimum absolute atomic E-state index is 0.00385. The summed E-state index contributed by atoms with van der Waals surface area (Å²) in [6.07, 6.45) is 1.36. The first kappa shape index (κ1) is 11.8. The Bertz CT molecular complexity index is 652. The van der Waals surface area contributed by atoms with Gasteiger partial charge >= 0.3 is 0 Å². The van der Waals surface area contributed by atoms with Gasteiger partial charge in [-0.15, -0.1) is 0 Å². The van der Waals surface area contributed by atoms with Gasteiger partial charge in [0.25, 0.3) is 5.91 Å². The Kier molecular flexibility index (Phi) is 3.09. The molecule has 0 aliphatic heterocycles. The zero-order valence-electron chi connectivity index (χ0n) is 9.24. The molecule has 0 unspecified atom stereocenters. The number of amides is 1. The molecule has 0 aliphatic carbocycles. The highest BCUT2D eigenvalue weighted by molar-refractivity contribution is 6.04. The Balaban J connectivity index is 2.21. The van der Waals surface area contributed by atoms with Gasteiger partial charge in [0.2, 0.25) is 5.56 Å². The lowest BCUT2D eigenvalue weighted by Crippen LogP contribution is -2.15. The minimum Gasteiger partial charge on any atom is -0.396 e. The maximum Gasteiger partial charge on any atom is 0.255 e. The lowest BCUT2D eigenvalue weighted by molar-refractivity contribution is 0.102. The van der Waals surface area contributed by atoms with E-state index in [1.54, 1.807) is 0 Å². The molecule has 0 spiro atoms. The Hall–Kier alpha value is -2.63. The van der Waals surface area contributed by atoms with Gasteiger partial charge < -0.3 is 16.0 Å². The molecule has 0 aliphatic rings. The van der Waals surface area contributed by atoms with Crippen molar-refractivity contribution in [2.45, 2.75) is 0 Å². The molecule has 1 aromatic heterocycles. The van der Waals surface area contributed by atoms with E-state index in [2.05, 4.69) is 10.3 Å². The summed E-state index contributed by atoms with van der Waals surface area (Å²) >= 11 is 0. The molecule has 18 heavy (non-hydrogen) atoms. The summed E-state index contributed by atoms with van der Waals surface area (Å²) in [5, 5.41) is 2.47. The second-order valence-corrected chi connectivity index (χ2v) is 3.63. The van der Waals surface area contributed by atoms with Crippen molar-refractivity contribution in [2.75, 3.05) is 11.1 Å². The number of pyridine rings is 1. The summed E-state index contributed by atoms with van der Waals surface area (Å²) in [4.78, 5) is 25.2. The van der Waals surface area contributed by atoms with Gasteiger partial charge in [-0.3, -0.25) is 9.59 Å². The Morgan fingerprint density at radius 3 is 2.72 bits per heavy atom. The molecule has 4 N–H and O–H groups in total. The van der Waals surface area contributed by atoms with Crippen LogP contribution in [0.5, 0.6) is 0 Å². The SMILES string of the molecule is Nc1ccc(NC(=O)c2cc[nH]c(=O)c2)cc1F. The molecular weight excluding hydrogens is 237 g/mol. The summed E-state index contributed by atoms with van der Waals surface area (Å²) in [7, 11) is 0. The Labute approximate surface area is 101 Å². The van der Waals surface area contributed by atoms with Crippen LogP contribution >= 0.6 is 0 Å². The second kappa shape index (κ2) is 4.70. The quantitative estimate of drug-likeness (QED) is 0.700. The van der Waals surface area contributed by atoms with E-state index >= 15 is 0 Å². The minimum atomic E-state index is -0.612. The number of anilines is 2. The van der Waals surface area contributed by atoms with Crippen LogP contribution in [0.15, 0.2) is 41.3 Å². The largest absolute Gasteiger partial charge is 0.396 e.